The SMILES string of the molecule is C=C(C)C(=O)O[C@]1(C#CC(C)(C)OOC(C)(C)CCC)C[C@H]2C[C@H]1[C@H](C)C2(C)C. The summed E-state index contributed by atoms with van der Waals surface area (Å²) < 4.78 is 6.03. The predicted molar refractivity (Wildman–Crippen MR) is 116 cm³/mol. The van der Waals surface area contributed by atoms with Crippen LogP contribution in [0.5, 0.6) is 0 Å². The molecule has 0 aromatic carbocycles. The molecule has 29 heavy (non-hydrogen) atoms. The second kappa shape index (κ2) is 8.08. The van der Waals surface area contributed by atoms with E-state index in [0.29, 0.717) is 17.4 Å². The number of fused-ring (bicyclic) bond motifs is 2. The van der Waals surface area contributed by atoms with Crippen LogP contribution in [0.4, 0.5) is 0 Å². The third-order valence-electron chi connectivity index (χ3n) is 7.04. The molecule has 4 nitrogen and oxygen atoms in total. The predicted octanol–water partition coefficient (Wildman–Crippen LogP) is 5.86. The largest absolute Gasteiger partial charge is 0.442 e. The third kappa shape index (κ3) is 5.06. The number of hydrogen-bond acceptors (Lipinski definition) is 4. The van der Waals surface area contributed by atoms with E-state index in [0.717, 1.165) is 25.7 Å². The molecule has 2 saturated carbocycles. The third-order valence-corrected chi connectivity index (χ3v) is 7.04. The zero-order chi connectivity index (χ0) is 22.3. The minimum Gasteiger partial charge on any atom is -0.442 e. The molecule has 2 aliphatic carbocycles. The van der Waals surface area contributed by atoms with Gasteiger partial charge in [0.1, 0.15) is 0 Å². The molecule has 0 radical (unpaired) electrons. The highest BCUT2D eigenvalue weighted by molar-refractivity contribution is 5.87. The van der Waals surface area contributed by atoms with Crippen molar-refractivity contribution in [2.45, 2.75) is 105 Å². The maximum Gasteiger partial charge on any atom is 0.334 e. The Labute approximate surface area is 177 Å². The van der Waals surface area contributed by atoms with Gasteiger partial charge in [0.05, 0.1) is 5.60 Å². The first-order valence-corrected chi connectivity index (χ1v) is 11.0. The van der Waals surface area contributed by atoms with Gasteiger partial charge in [-0.25, -0.2) is 14.6 Å². The fourth-order valence-corrected chi connectivity index (χ4v) is 4.84. The molecule has 164 valence electrons. The summed E-state index contributed by atoms with van der Waals surface area (Å²) in [5.41, 5.74) is -1.34. The van der Waals surface area contributed by atoms with Gasteiger partial charge < -0.3 is 4.74 Å². The Hall–Kier alpha value is -1.31. The molecule has 0 unspecified atom stereocenters. The smallest absolute Gasteiger partial charge is 0.334 e. The summed E-state index contributed by atoms with van der Waals surface area (Å²) in [6.45, 7) is 22.2. The maximum absolute atomic E-state index is 12.5. The van der Waals surface area contributed by atoms with Crippen LogP contribution in [0, 0.1) is 35.0 Å². The van der Waals surface area contributed by atoms with E-state index in [1.807, 2.05) is 27.7 Å². The summed E-state index contributed by atoms with van der Waals surface area (Å²) in [4.78, 5) is 23.9. The molecule has 0 saturated heterocycles. The number of rotatable bonds is 7. The fraction of sp³-hybridized carbons (Fsp3) is 0.800. The van der Waals surface area contributed by atoms with Crippen LogP contribution in [0.3, 0.4) is 0 Å². The van der Waals surface area contributed by atoms with Crippen molar-refractivity contribution in [2.24, 2.45) is 23.2 Å². The van der Waals surface area contributed by atoms with E-state index < -0.39 is 11.2 Å². The van der Waals surface area contributed by atoms with Crippen LogP contribution in [0.2, 0.25) is 0 Å². The van der Waals surface area contributed by atoms with Crippen LogP contribution < -0.4 is 0 Å². The van der Waals surface area contributed by atoms with Gasteiger partial charge in [0, 0.05) is 17.9 Å². The Morgan fingerprint density at radius 1 is 1.21 bits per heavy atom. The Balaban J connectivity index is 2.27. The summed E-state index contributed by atoms with van der Waals surface area (Å²) in [6.07, 6.45) is 3.71. The minimum absolute atomic E-state index is 0.214. The molecule has 4 atom stereocenters. The van der Waals surface area contributed by atoms with Crippen LogP contribution in [-0.2, 0) is 19.3 Å². The van der Waals surface area contributed by atoms with Gasteiger partial charge in [-0.05, 0) is 64.7 Å². The second-order valence-corrected chi connectivity index (χ2v) is 10.8. The zero-order valence-electron chi connectivity index (χ0n) is 19.9. The van der Waals surface area contributed by atoms with Crippen LogP contribution in [0.15, 0.2) is 12.2 Å². The lowest BCUT2D eigenvalue weighted by Crippen LogP contribution is -2.47. The average molecular weight is 405 g/mol. The van der Waals surface area contributed by atoms with E-state index in [2.05, 4.69) is 46.1 Å². The highest BCUT2D eigenvalue weighted by Crippen LogP contribution is 2.63. The molecule has 0 amide bonds. The highest BCUT2D eigenvalue weighted by Gasteiger charge is 2.63. The van der Waals surface area contributed by atoms with Gasteiger partial charge in [-0.2, -0.15) is 0 Å². The van der Waals surface area contributed by atoms with Gasteiger partial charge in [0.15, 0.2) is 11.2 Å². The summed E-state index contributed by atoms with van der Waals surface area (Å²) in [5.74, 6) is 7.33. The average Bonchev–Trinajstić information content (AvgIpc) is 3.07. The quantitative estimate of drug-likeness (QED) is 0.175. The molecular formula is C25H40O4. The van der Waals surface area contributed by atoms with Crippen molar-refractivity contribution in [3.05, 3.63) is 12.2 Å². The molecule has 0 aromatic heterocycles. The lowest BCUT2D eigenvalue weighted by molar-refractivity contribution is -0.389. The molecule has 2 rings (SSSR count). The molecule has 2 aliphatic rings. The van der Waals surface area contributed by atoms with Crippen molar-refractivity contribution in [3.8, 4) is 11.8 Å². The second-order valence-electron chi connectivity index (χ2n) is 10.8. The topological polar surface area (TPSA) is 44.8 Å². The first-order chi connectivity index (χ1) is 13.2. The molecule has 0 N–H and O–H groups in total. The minimum atomic E-state index is -0.811. The van der Waals surface area contributed by atoms with Crippen LogP contribution in [-0.4, -0.2) is 22.8 Å². The van der Waals surface area contributed by atoms with Crippen molar-refractivity contribution >= 4 is 5.97 Å². The van der Waals surface area contributed by atoms with Gasteiger partial charge >= 0.3 is 5.97 Å². The monoisotopic (exact) mass is 404 g/mol. The van der Waals surface area contributed by atoms with Gasteiger partial charge in [0.25, 0.3) is 0 Å². The van der Waals surface area contributed by atoms with Crippen LogP contribution in [0.1, 0.15) is 88.0 Å². The van der Waals surface area contributed by atoms with Gasteiger partial charge in [-0.1, -0.05) is 52.5 Å². The van der Waals surface area contributed by atoms with Crippen LogP contribution >= 0.6 is 0 Å². The standard InChI is InChI=1S/C25H40O4/c1-11-12-22(5,6)28-29-23(7,8)13-14-25(27-21(26)17(2)3)16-19-15-20(25)18(4)24(19,9)10/h18-20H,2,11-12,15-16H2,1,3-10H3/t18-,19+,20-,25+/m0/s1. The molecule has 0 aliphatic heterocycles. The molecule has 4 heteroatoms. The Kier molecular flexibility index (Phi) is 6.68. The van der Waals surface area contributed by atoms with E-state index in [4.69, 9.17) is 14.5 Å². The normalized spacial score (nSPS) is 30.6. The lowest BCUT2D eigenvalue weighted by atomic mass is 9.64. The summed E-state index contributed by atoms with van der Waals surface area (Å²) in [6, 6.07) is 0. The maximum atomic E-state index is 12.5. The van der Waals surface area contributed by atoms with E-state index in [1.165, 1.54) is 0 Å². The number of carbonyl (C=O) groups is 1. The van der Waals surface area contributed by atoms with Crippen LogP contribution in [0.25, 0.3) is 0 Å². The first kappa shape index (κ1) is 24.0. The number of hydrogen-bond donors (Lipinski definition) is 0. The van der Waals surface area contributed by atoms with Crippen molar-refractivity contribution < 1.29 is 19.3 Å². The van der Waals surface area contributed by atoms with E-state index >= 15 is 0 Å². The van der Waals surface area contributed by atoms with Gasteiger partial charge in [-0.3, -0.25) is 0 Å². The van der Waals surface area contributed by atoms with Crippen molar-refractivity contribution in [1.29, 1.82) is 0 Å². The Morgan fingerprint density at radius 2 is 1.83 bits per heavy atom. The fourth-order valence-electron chi connectivity index (χ4n) is 4.84. The number of esters is 1. The summed E-state index contributed by atoms with van der Waals surface area (Å²) >= 11 is 0. The highest BCUT2D eigenvalue weighted by atomic mass is 17.2. The lowest BCUT2D eigenvalue weighted by Gasteiger charge is -2.44. The van der Waals surface area contributed by atoms with Crippen molar-refractivity contribution in [2.75, 3.05) is 0 Å². The van der Waals surface area contributed by atoms with Crippen molar-refractivity contribution in [1.82, 2.24) is 0 Å². The Bertz CT molecular complexity index is 702. The van der Waals surface area contributed by atoms with Gasteiger partial charge in [0.2, 0.25) is 0 Å². The number of carbonyl (C=O) groups excluding carboxylic acids is 1. The van der Waals surface area contributed by atoms with E-state index in [1.54, 1.807) is 6.92 Å². The van der Waals surface area contributed by atoms with E-state index in [9.17, 15) is 4.79 Å². The summed E-state index contributed by atoms with van der Waals surface area (Å²) in [5, 5.41) is 0. The van der Waals surface area contributed by atoms with Gasteiger partial charge in [-0.15, -0.1) is 0 Å². The first-order valence-electron chi connectivity index (χ1n) is 11.0. The molecule has 0 spiro atoms. The molecule has 0 aromatic rings. The van der Waals surface area contributed by atoms with Crippen molar-refractivity contribution in [3.63, 3.8) is 0 Å². The van der Waals surface area contributed by atoms with E-state index in [-0.39, 0.29) is 22.9 Å². The summed E-state index contributed by atoms with van der Waals surface area (Å²) in [7, 11) is 0. The molecule has 2 bridgehead atoms. The number of ether oxygens (including phenoxy) is 1. The molecular weight excluding hydrogens is 364 g/mol. The zero-order valence-corrected chi connectivity index (χ0v) is 19.9. The molecule has 0 heterocycles. The Morgan fingerprint density at radius 3 is 2.31 bits per heavy atom. The molecule has 2 fully saturated rings.